The monoisotopic (exact) mass is 260 g/mol. The molecule has 6 heteroatoms. The molecule has 1 heterocycles. The molecule has 2 N–H and O–H groups in total. The maximum absolute atomic E-state index is 11.8. The largest absolute Gasteiger partial charge is 0.481 e. The van der Waals surface area contributed by atoms with Gasteiger partial charge in [0.2, 0.25) is 0 Å². The molecule has 2 amide bonds. The summed E-state index contributed by atoms with van der Waals surface area (Å²) in [6.45, 7) is 4.15. The number of aliphatic carboxylic acids is 1. The van der Waals surface area contributed by atoms with E-state index in [1.54, 1.807) is 0 Å². The van der Waals surface area contributed by atoms with Crippen molar-refractivity contribution in [1.29, 1.82) is 0 Å². The van der Waals surface area contributed by atoms with Gasteiger partial charge in [0.15, 0.2) is 0 Å². The Kier molecular flexibility index (Phi) is 6.18. The topological polar surface area (TPSA) is 69.6 Å². The molecule has 1 aliphatic heterocycles. The van der Waals surface area contributed by atoms with Crippen LogP contribution in [0.1, 0.15) is 26.2 Å². The van der Waals surface area contributed by atoms with Gasteiger partial charge in [-0.05, 0) is 12.8 Å². The van der Waals surface area contributed by atoms with Gasteiger partial charge < -0.3 is 15.3 Å². The van der Waals surface area contributed by atoms with Crippen LogP contribution in [-0.2, 0) is 4.79 Å². The normalized spacial score (nSPS) is 20.1. The molecule has 98 valence electrons. The Morgan fingerprint density at radius 2 is 2.29 bits per heavy atom. The second kappa shape index (κ2) is 7.42. The third-order valence-corrected chi connectivity index (χ3v) is 4.10. The number of carbonyl (C=O) groups is 2. The van der Waals surface area contributed by atoms with Crippen LogP contribution >= 0.6 is 11.8 Å². The van der Waals surface area contributed by atoms with Gasteiger partial charge in [0, 0.05) is 37.1 Å². The summed E-state index contributed by atoms with van der Waals surface area (Å²) in [6.07, 6.45) is 1.67. The molecule has 0 aliphatic carbocycles. The number of hydrogen-bond acceptors (Lipinski definition) is 3. The highest BCUT2D eigenvalue weighted by Crippen LogP contribution is 2.20. The molecule has 0 aromatic heterocycles. The number of urea groups is 1. The number of carbonyl (C=O) groups excluding carboxylic acids is 1. The summed E-state index contributed by atoms with van der Waals surface area (Å²) in [6, 6.07) is -0.0610. The van der Waals surface area contributed by atoms with Crippen LogP contribution in [-0.4, -0.2) is 52.6 Å². The molecule has 1 unspecified atom stereocenters. The molecular formula is C11H20N2O3S. The van der Waals surface area contributed by atoms with Crippen molar-refractivity contribution in [3.63, 3.8) is 0 Å². The van der Waals surface area contributed by atoms with Crippen LogP contribution in [0, 0.1) is 0 Å². The average molecular weight is 260 g/mol. The Morgan fingerprint density at radius 3 is 2.94 bits per heavy atom. The summed E-state index contributed by atoms with van der Waals surface area (Å²) in [5, 5.41) is 11.8. The molecular weight excluding hydrogens is 240 g/mol. The SMILES string of the molecule is CCC1CN(C(=O)NCCCC(=O)O)CCS1. The first-order chi connectivity index (χ1) is 8.13. The zero-order valence-electron chi connectivity index (χ0n) is 10.1. The minimum Gasteiger partial charge on any atom is -0.481 e. The highest BCUT2D eigenvalue weighted by Gasteiger charge is 2.22. The molecule has 1 aliphatic rings. The van der Waals surface area contributed by atoms with Crippen molar-refractivity contribution >= 4 is 23.8 Å². The van der Waals surface area contributed by atoms with Crippen LogP contribution in [0.15, 0.2) is 0 Å². The summed E-state index contributed by atoms with van der Waals surface area (Å²) in [5.41, 5.74) is 0. The van der Waals surface area contributed by atoms with E-state index >= 15 is 0 Å². The molecule has 0 spiro atoms. The fraction of sp³-hybridized carbons (Fsp3) is 0.818. The van der Waals surface area contributed by atoms with Gasteiger partial charge >= 0.3 is 12.0 Å². The van der Waals surface area contributed by atoms with Crippen molar-refractivity contribution < 1.29 is 14.7 Å². The second-order valence-electron chi connectivity index (χ2n) is 4.08. The van der Waals surface area contributed by atoms with Gasteiger partial charge in [0.05, 0.1) is 0 Å². The number of carboxylic acids is 1. The van der Waals surface area contributed by atoms with Gasteiger partial charge in [0.1, 0.15) is 0 Å². The number of carboxylic acid groups (broad SMARTS) is 1. The van der Waals surface area contributed by atoms with Crippen LogP contribution in [0.3, 0.4) is 0 Å². The first-order valence-electron chi connectivity index (χ1n) is 5.99. The maximum Gasteiger partial charge on any atom is 0.317 e. The van der Waals surface area contributed by atoms with Gasteiger partial charge in [-0.2, -0.15) is 11.8 Å². The molecule has 0 bridgehead atoms. The third-order valence-electron chi connectivity index (χ3n) is 2.72. The first-order valence-corrected chi connectivity index (χ1v) is 7.04. The Balaban J connectivity index is 2.20. The van der Waals surface area contributed by atoms with Crippen molar-refractivity contribution in [2.75, 3.05) is 25.4 Å². The van der Waals surface area contributed by atoms with E-state index in [0.29, 0.717) is 18.2 Å². The number of thioether (sulfide) groups is 1. The summed E-state index contributed by atoms with van der Waals surface area (Å²) in [7, 11) is 0. The van der Waals surface area contributed by atoms with Crippen molar-refractivity contribution in [3.8, 4) is 0 Å². The molecule has 0 saturated carbocycles. The fourth-order valence-electron chi connectivity index (χ4n) is 1.70. The highest BCUT2D eigenvalue weighted by molar-refractivity contribution is 8.00. The molecule has 17 heavy (non-hydrogen) atoms. The van der Waals surface area contributed by atoms with Crippen molar-refractivity contribution in [2.24, 2.45) is 0 Å². The molecule has 1 fully saturated rings. The fourth-order valence-corrected chi connectivity index (χ4v) is 2.88. The lowest BCUT2D eigenvalue weighted by molar-refractivity contribution is -0.137. The number of hydrogen-bond donors (Lipinski definition) is 2. The summed E-state index contributed by atoms with van der Waals surface area (Å²) in [5.74, 6) is 0.167. The van der Waals surface area contributed by atoms with Gasteiger partial charge in [-0.1, -0.05) is 6.92 Å². The zero-order valence-corrected chi connectivity index (χ0v) is 11.0. The van der Waals surface area contributed by atoms with Crippen molar-refractivity contribution in [1.82, 2.24) is 10.2 Å². The van der Waals surface area contributed by atoms with E-state index in [9.17, 15) is 9.59 Å². The maximum atomic E-state index is 11.8. The number of nitrogens with one attached hydrogen (secondary N) is 1. The quantitative estimate of drug-likeness (QED) is 0.733. The van der Waals surface area contributed by atoms with E-state index in [0.717, 1.165) is 25.3 Å². The number of rotatable bonds is 5. The molecule has 1 atom stereocenters. The van der Waals surface area contributed by atoms with Crippen LogP contribution in [0.2, 0.25) is 0 Å². The standard InChI is InChI=1S/C11H20N2O3S/c1-2-9-8-13(6-7-17-9)11(16)12-5-3-4-10(14)15/h9H,2-8H2,1H3,(H,12,16)(H,14,15). The predicted octanol–water partition coefficient (Wildman–Crippen LogP) is 1.39. The molecule has 0 aromatic rings. The van der Waals surface area contributed by atoms with E-state index in [4.69, 9.17) is 5.11 Å². The van der Waals surface area contributed by atoms with Gasteiger partial charge in [-0.15, -0.1) is 0 Å². The van der Waals surface area contributed by atoms with E-state index < -0.39 is 5.97 Å². The van der Waals surface area contributed by atoms with Crippen LogP contribution in [0.25, 0.3) is 0 Å². The lowest BCUT2D eigenvalue weighted by atomic mass is 10.3. The molecule has 1 saturated heterocycles. The van der Waals surface area contributed by atoms with E-state index in [-0.39, 0.29) is 12.5 Å². The van der Waals surface area contributed by atoms with E-state index in [2.05, 4.69) is 12.2 Å². The van der Waals surface area contributed by atoms with E-state index in [1.165, 1.54) is 0 Å². The average Bonchev–Trinajstić information content (AvgIpc) is 2.34. The Labute approximate surface area is 106 Å². The highest BCUT2D eigenvalue weighted by atomic mass is 32.2. The molecule has 5 nitrogen and oxygen atoms in total. The van der Waals surface area contributed by atoms with Crippen LogP contribution < -0.4 is 5.32 Å². The Morgan fingerprint density at radius 1 is 1.53 bits per heavy atom. The Bertz CT molecular complexity index is 273. The molecule has 0 aromatic carbocycles. The first kappa shape index (κ1) is 14.2. The molecule has 1 rings (SSSR count). The Hall–Kier alpha value is -0.910. The summed E-state index contributed by atoms with van der Waals surface area (Å²) < 4.78 is 0. The van der Waals surface area contributed by atoms with E-state index in [1.807, 2.05) is 16.7 Å². The van der Waals surface area contributed by atoms with Gasteiger partial charge in [-0.3, -0.25) is 4.79 Å². The molecule has 0 radical (unpaired) electrons. The summed E-state index contributed by atoms with van der Waals surface area (Å²) in [4.78, 5) is 23.9. The van der Waals surface area contributed by atoms with Crippen LogP contribution in [0.4, 0.5) is 4.79 Å². The van der Waals surface area contributed by atoms with Crippen molar-refractivity contribution in [2.45, 2.75) is 31.4 Å². The van der Waals surface area contributed by atoms with Gasteiger partial charge in [-0.25, -0.2) is 4.79 Å². The lowest BCUT2D eigenvalue weighted by Crippen LogP contribution is -2.47. The number of nitrogens with zero attached hydrogens (tertiary/aromatic N) is 1. The number of amides is 2. The summed E-state index contributed by atoms with van der Waals surface area (Å²) >= 11 is 1.92. The predicted molar refractivity (Wildman–Crippen MR) is 68.4 cm³/mol. The third kappa shape index (κ3) is 5.30. The minimum atomic E-state index is -0.820. The van der Waals surface area contributed by atoms with Gasteiger partial charge in [0.25, 0.3) is 0 Å². The minimum absolute atomic E-state index is 0.0610. The zero-order chi connectivity index (χ0) is 12.7. The second-order valence-corrected chi connectivity index (χ2v) is 5.48. The van der Waals surface area contributed by atoms with Crippen molar-refractivity contribution in [3.05, 3.63) is 0 Å². The van der Waals surface area contributed by atoms with Crippen LogP contribution in [0.5, 0.6) is 0 Å². The smallest absolute Gasteiger partial charge is 0.317 e. The lowest BCUT2D eigenvalue weighted by Gasteiger charge is -2.31.